The number of anilines is 2. The maximum Gasteiger partial charge on any atom is 0.144 e. The number of aliphatic hydroxyl groups is 1. The number of fused-ring (bicyclic) bond motifs is 5. The molecule has 3 heteroatoms. The zero-order chi connectivity index (χ0) is 18.7. The molecule has 0 spiro atoms. The Balaban J connectivity index is 1.69. The standard InChI is InChI=1S/C25H17NOS/c27-25(16-13-14-24-18(15-16)17-7-1-6-12-23(17)28-24)19-8-2-4-10-21(19)26-22-11-5-3-9-20(22)25/h1-15,26-27H. The Morgan fingerprint density at radius 1 is 0.643 bits per heavy atom. The first-order valence-electron chi connectivity index (χ1n) is 9.35. The first-order valence-corrected chi connectivity index (χ1v) is 10.2. The summed E-state index contributed by atoms with van der Waals surface area (Å²) in [5.41, 5.74) is 3.35. The second kappa shape index (κ2) is 5.68. The van der Waals surface area contributed by atoms with Gasteiger partial charge >= 0.3 is 0 Å². The summed E-state index contributed by atoms with van der Waals surface area (Å²) in [5.74, 6) is 0. The van der Waals surface area contributed by atoms with Crippen LogP contribution in [0, 0.1) is 0 Å². The lowest BCUT2D eigenvalue weighted by molar-refractivity contribution is 0.126. The van der Waals surface area contributed by atoms with Crippen molar-refractivity contribution in [1.29, 1.82) is 0 Å². The van der Waals surface area contributed by atoms with E-state index in [4.69, 9.17) is 0 Å². The zero-order valence-electron chi connectivity index (χ0n) is 15.0. The van der Waals surface area contributed by atoms with Gasteiger partial charge in [-0.3, -0.25) is 0 Å². The van der Waals surface area contributed by atoms with Crippen LogP contribution < -0.4 is 5.32 Å². The lowest BCUT2D eigenvalue weighted by Gasteiger charge is -2.37. The van der Waals surface area contributed by atoms with Crippen LogP contribution in [0.1, 0.15) is 16.7 Å². The Kier molecular flexibility index (Phi) is 3.22. The molecule has 1 aromatic heterocycles. The van der Waals surface area contributed by atoms with Crippen molar-refractivity contribution >= 4 is 42.9 Å². The molecule has 0 aliphatic carbocycles. The third-order valence-electron chi connectivity index (χ3n) is 5.70. The SMILES string of the molecule is OC1(c2ccc3sc4ccccc4c3c2)c2ccccc2Nc2ccccc21. The highest BCUT2D eigenvalue weighted by molar-refractivity contribution is 7.25. The van der Waals surface area contributed by atoms with Crippen LogP contribution in [-0.2, 0) is 5.60 Å². The molecule has 0 saturated carbocycles. The number of nitrogens with one attached hydrogen (secondary N) is 1. The van der Waals surface area contributed by atoms with Crippen LogP contribution in [0.15, 0.2) is 91.0 Å². The molecule has 0 unspecified atom stereocenters. The second-order valence-electron chi connectivity index (χ2n) is 7.24. The first kappa shape index (κ1) is 15.9. The average molecular weight is 379 g/mol. The monoisotopic (exact) mass is 379 g/mol. The van der Waals surface area contributed by atoms with E-state index in [0.717, 1.165) is 28.1 Å². The van der Waals surface area contributed by atoms with Gasteiger partial charge in [-0.05, 0) is 35.9 Å². The van der Waals surface area contributed by atoms with Crippen LogP contribution in [0.2, 0.25) is 0 Å². The molecule has 1 aliphatic heterocycles. The van der Waals surface area contributed by atoms with Crippen LogP contribution in [0.4, 0.5) is 11.4 Å². The highest BCUT2D eigenvalue weighted by atomic mass is 32.1. The van der Waals surface area contributed by atoms with Gasteiger partial charge in [-0.25, -0.2) is 0 Å². The van der Waals surface area contributed by atoms with Gasteiger partial charge in [0.2, 0.25) is 0 Å². The molecule has 5 aromatic rings. The van der Waals surface area contributed by atoms with Crippen molar-refractivity contribution in [2.75, 3.05) is 5.32 Å². The molecule has 28 heavy (non-hydrogen) atoms. The molecule has 0 amide bonds. The van der Waals surface area contributed by atoms with E-state index in [-0.39, 0.29) is 0 Å². The fourth-order valence-electron chi connectivity index (χ4n) is 4.37. The maximum atomic E-state index is 12.2. The molecule has 2 heterocycles. The maximum absolute atomic E-state index is 12.2. The molecule has 0 atom stereocenters. The Bertz CT molecular complexity index is 1320. The molecule has 0 radical (unpaired) electrons. The predicted octanol–water partition coefficient (Wildman–Crippen LogP) is 6.40. The van der Waals surface area contributed by atoms with Crippen molar-refractivity contribution in [3.63, 3.8) is 0 Å². The van der Waals surface area contributed by atoms with E-state index < -0.39 is 5.60 Å². The lowest BCUT2D eigenvalue weighted by Crippen LogP contribution is -2.33. The number of hydrogen-bond acceptors (Lipinski definition) is 3. The minimum Gasteiger partial charge on any atom is -0.376 e. The van der Waals surface area contributed by atoms with Gasteiger partial charge in [-0.1, -0.05) is 60.7 Å². The van der Waals surface area contributed by atoms with Crippen LogP contribution >= 0.6 is 11.3 Å². The molecule has 6 rings (SSSR count). The van der Waals surface area contributed by atoms with E-state index in [1.807, 2.05) is 48.5 Å². The van der Waals surface area contributed by atoms with E-state index in [0.29, 0.717) is 0 Å². The van der Waals surface area contributed by atoms with Gasteiger partial charge in [0.25, 0.3) is 0 Å². The molecule has 0 saturated heterocycles. The third kappa shape index (κ3) is 2.06. The number of benzene rings is 4. The highest BCUT2D eigenvalue weighted by Crippen LogP contribution is 2.48. The lowest BCUT2D eigenvalue weighted by atomic mass is 9.76. The van der Waals surface area contributed by atoms with Crippen molar-refractivity contribution in [2.24, 2.45) is 0 Å². The molecule has 0 fully saturated rings. The summed E-state index contributed by atoms with van der Waals surface area (Å²) in [6.45, 7) is 0. The molecule has 2 N–H and O–H groups in total. The highest BCUT2D eigenvalue weighted by Gasteiger charge is 2.40. The van der Waals surface area contributed by atoms with Crippen molar-refractivity contribution in [3.05, 3.63) is 108 Å². The minimum atomic E-state index is -1.20. The quantitative estimate of drug-likeness (QED) is 0.353. The van der Waals surface area contributed by atoms with Gasteiger partial charge in [0.15, 0.2) is 0 Å². The van der Waals surface area contributed by atoms with Gasteiger partial charge in [0, 0.05) is 42.7 Å². The van der Waals surface area contributed by atoms with Gasteiger partial charge < -0.3 is 10.4 Å². The van der Waals surface area contributed by atoms with E-state index in [2.05, 4.69) is 47.8 Å². The van der Waals surface area contributed by atoms with Crippen molar-refractivity contribution in [2.45, 2.75) is 5.60 Å². The van der Waals surface area contributed by atoms with Crippen molar-refractivity contribution in [3.8, 4) is 0 Å². The molecule has 0 bridgehead atoms. The van der Waals surface area contributed by atoms with Crippen LogP contribution in [0.3, 0.4) is 0 Å². The summed E-state index contributed by atoms with van der Waals surface area (Å²) in [4.78, 5) is 0. The molecular weight excluding hydrogens is 362 g/mol. The summed E-state index contributed by atoms with van der Waals surface area (Å²) in [6.07, 6.45) is 0. The summed E-state index contributed by atoms with van der Waals surface area (Å²) in [7, 11) is 0. The van der Waals surface area contributed by atoms with Gasteiger partial charge in [0.05, 0.1) is 0 Å². The van der Waals surface area contributed by atoms with Gasteiger partial charge in [-0.15, -0.1) is 11.3 Å². The number of para-hydroxylation sites is 2. The normalized spacial score (nSPS) is 14.5. The summed E-state index contributed by atoms with van der Waals surface area (Å²) in [5, 5.41) is 18.1. The van der Waals surface area contributed by atoms with E-state index in [9.17, 15) is 5.11 Å². The van der Waals surface area contributed by atoms with Gasteiger partial charge in [0.1, 0.15) is 5.60 Å². The Labute approximate surface area is 166 Å². The van der Waals surface area contributed by atoms with Crippen LogP contribution in [-0.4, -0.2) is 5.11 Å². The Morgan fingerprint density at radius 3 is 2.00 bits per heavy atom. The van der Waals surface area contributed by atoms with E-state index in [1.54, 1.807) is 11.3 Å². The molecular formula is C25H17NOS. The zero-order valence-corrected chi connectivity index (χ0v) is 15.8. The average Bonchev–Trinajstić information content (AvgIpc) is 3.12. The predicted molar refractivity (Wildman–Crippen MR) is 118 cm³/mol. The molecule has 4 aromatic carbocycles. The fourth-order valence-corrected chi connectivity index (χ4v) is 5.45. The first-order chi connectivity index (χ1) is 13.7. The largest absolute Gasteiger partial charge is 0.376 e. The molecule has 1 aliphatic rings. The van der Waals surface area contributed by atoms with Crippen LogP contribution in [0.25, 0.3) is 20.2 Å². The topological polar surface area (TPSA) is 32.3 Å². The Morgan fingerprint density at radius 2 is 1.25 bits per heavy atom. The summed E-state index contributed by atoms with van der Waals surface area (Å²) >= 11 is 1.79. The van der Waals surface area contributed by atoms with E-state index in [1.165, 1.54) is 20.2 Å². The molecule has 134 valence electrons. The second-order valence-corrected chi connectivity index (χ2v) is 8.32. The summed E-state index contributed by atoms with van der Waals surface area (Å²) < 4.78 is 2.51. The molecule has 2 nitrogen and oxygen atoms in total. The van der Waals surface area contributed by atoms with E-state index >= 15 is 0 Å². The van der Waals surface area contributed by atoms with Gasteiger partial charge in [-0.2, -0.15) is 0 Å². The van der Waals surface area contributed by atoms with Crippen molar-refractivity contribution in [1.82, 2.24) is 0 Å². The minimum absolute atomic E-state index is 0.882. The number of hydrogen-bond donors (Lipinski definition) is 2. The summed E-state index contributed by atoms with van der Waals surface area (Å²) in [6, 6.07) is 30.9. The number of rotatable bonds is 1. The Hall–Kier alpha value is -3.14. The van der Waals surface area contributed by atoms with Crippen LogP contribution in [0.5, 0.6) is 0 Å². The smallest absolute Gasteiger partial charge is 0.144 e. The number of thiophene rings is 1. The fraction of sp³-hybridized carbons (Fsp3) is 0.0400. The van der Waals surface area contributed by atoms with Crippen molar-refractivity contribution < 1.29 is 5.11 Å². The third-order valence-corrected chi connectivity index (χ3v) is 6.85.